The first-order valence-corrected chi connectivity index (χ1v) is 14.5. The number of amides is 1. The molecule has 2 fully saturated rings. The number of ether oxygens (including phenoxy) is 1. The lowest BCUT2D eigenvalue weighted by Gasteiger charge is -2.36. The number of piperidine rings is 1. The van der Waals surface area contributed by atoms with Crippen LogP contribution in [0.5, 0.6) is 0 Å². The molecular formula is C22H24ClN3O4S3. The van der Waals surface area contributed by atoms with Crippen LogP contribution in [0.1, 0.15) is 32.1 Å². The van der Waals surface area contributed by atoms with Crippen LogP contribution in [0.15, 0.2) is 39.9 Å². The van der Waals surface area contributed by atoms with Crippen molar-refractivity contribution in [3.05, 3.63) is 40.7 Å². The summed E-state index contributed by atoms with van der Waals surface area (Å²) in [6.45, 7) is 1.36. The molecule has 2 saturated heterocycles. The summed E-state index contributed by atoms with van der Waals surface area (Å²) < 4.78 is 35.1. The van der Waals surface area contributed by atoms with Crippen molar-refractivity contribution in [2.75, 3.05) is 24.6 Å². The average Bonchev–Trinajstić information content (AvgIpc) is 3.58. The van der Waals surface area contributed by atoms with Gasteiger partial charge < -0.3 is 4.74 Å². The van der Waals surface area contributed by atoms with Crippen LogP contribution < -0.4 is 4.90 Å². The quantitative estimate of drug-likeness (QED) is 0.463. The average molecular weight is 526 g/mol. The molecule has 1 amide bonds. The Balaban J connectivity index is 1.50. The highest BCUT2D eigenvalue weighted by Gasteiger charge is 2.41. The normalized spacial score (nSPS) is 22.1. The SMILES string of the molecule is O=C(C1CCCCN1S(=O)(=O)c1cccs1)N(CC1CCCO1)c1nc2ccc(Cl)cc2s1. The van der Waals surface area contributed by atoms with Gasteiger partial charge in [-0.05, 0) is 55.3 Å². The molecule has 1 aromatic carbocycles. The van der Waals surface area contributed by atoms with Gasteiger partial charge in [-0.1, -0.05) is 35.4 Å². The van der Waals surface area contributed by atoms with Crippen molar-refractivity contribution in [1.82, 2.24) is 9.29 Å². The van der Waals surface area contributed by atoms with E-state index in [-0.39, 0.29) is 16.2 Å². The fourth-order valence-corrected chi connectivity index (χ4v) is 8.43. The lowest BCUT2D eigenvalue weighted by atomic mass is 10.0. The second kappa shape index (κ2) is 9.59. The van der Waals surface area contributed by atoms with E-state index in [4.69, 9.17) is 21.3 Å². The van der Waals surface area contributed by atoms with Crippen molar-refractivity contribution >= 4 is 65.6 Å². The highest BCUT2D eigenvalue weighted by molar-refractivity contribution is 7.91. The number of hydrogen-bond acceptors (Lipinski definition) is 7. The lowest BCUT2D eigenvalue weighted by molar-refractivity contribution is -0.123. The summed E-state index contributed by atoms with van der Waals surface area (Å²) in [5.41, 5.74) is 0.760. The second-order valence-electron chi connectivity index (χ2n) is 8.25. The van der Waals surface area contributed by atoms with E-state index in [1.165, 1.54) is 27.0 Å². The predicted molar refractivity (Wildman–Crippen MR) is 132 cm³/mol. The number of anilines is 1. The van der Waals surface area contributed by atoms with Gasteiger partial charge in [0.25, 0.3) is 10.0 Å². The molecule has 2 unspecified atom stereocenters. The number of halogens is 1. The first kappa shape index (κ1) is 23.2. The molecule has 2 aliphatic rings. The van der Waals surface area contributed by atoms with Crippen LogP contribution in [0.2, 0.25) is 5.02 Å². The molecule has 2 aromatic heterocycles. The van der Waals surface area contributed by atoms with Gasteiger partial charge in [0.2, 0.25) is 5.91 Å². The maximum absolute atomic E-state index is 14.0. The number of sulfonamides is 1. The summed E-state index contributed by atoms with van der Waals surface area (Å²) >= 11 is 8.72. The Morgan fingerprint density at radius 2 is 2.12 bits per heavy atom. The Hall–Kier alpha value is -1.56. The molecule has 4 heterocycles. The summed E-state index contributed by atoms with van der Waals surface area (Å²) in [6.07, 6.45) is 3.75. The largest absolute Gasteiger partial charge is 0.376 e. The van der Waals surface area contributed by atoms with Gasteiger partial charge in [0, 0.05) is 18.2 Å². The van der Waals surface area contributed by atoms with E-state index < -0.39 is 16.1 Å². The van der Waals surface area contributed by atoms with Crippen LogP contribution in [0.25, 0.3) is 10.2 Å². The molecule has 3 aromatic rings. The van der Waals surface area contributed by atoms with Gasteiger partial charge in [0.15, 0.2) is 5.13 Å². The zero-order chi connectivity index (χ0) is 23.0. The second-order valence-corrected chi connectivity index (χ2v) is 12.8. The van der Waals surface area contributed by atoms with Gasteiger partial charge in [-0.25, -0.2) is 13.4 Å². The number of fused-ring (bicyclic) bond motifs is 1. The third-order valence-electron chi connectivity index (χ3n) is 6.04. The maximum Gasteiger partial charge on any atom is 0.253 e. The Morgan fingerprint density at radius 3 is 2.88 bits per heavy atom. The number of carbonyl (C=O) groups excluding carboxylic acids is 1. The molecule has 0 aliphatic carbocycles. The Kier molecular flexibility index (Phi) is 6.74. The summed E-state index contributed by atoms with van der Waals surface area (Å²) in [7, 11) is -3.75. The molecular weight excluding hydrogens is 502 g/mol. The molecule has 0 radical (unpaired) electrons. The predicted octanol–water partition coefficient (Wildman–Crippen LogP) is 4.77. The molecule has 2 atom stereocenters. The maximum atomic E-state index is 14.0. The van der Waals surface area contributed by atoms with E-state index in [0.29, 0.717) is 36.3 Å². The van der Waals surface area contributed by atoms with E-state index in [2.05, 4.69) is 0 Å². The Morgan fingerprint density at radius 1 is 1.24 bits per heavy atom. The van der Waals surface area contributed by atoms with Crippen molar-refractivity contribution in [2.24, 2.45) is 0 Å². The molecule has 7 nitrogen and oxygen atoms in total. The van der Waals surface area contributed by atoms with Gasteiger partial charge in [-0.15, -0.1) is 11.3 Å². The number of nitrogens with zero attached hydrogens (tertiary/aromatic N) is 3. The minimum Gasteiger partial charge on any atom is -0.376 e. The van der Waals surface area contributed by atoms with Crippen LogP contribution in [-0.4, -0.2) is 55.5 Å². The van der Waals surface area contributed by atoms with Crippen molar-refractivity contribution in [3.63, 3.8) is 0 Å². The minimum atomic E-state index is -3.75. The number of benzene rings is 1. The van der Waals surface area contributed by atoms with Gasteiger partial charge in [0.05, 0.1) is 22.9 Å². The van der Waals surface area contributed by atoms with E-state index in [1.54, 1.807) is 28.5 Å². The Bertz CT molecular complexity index is 1240. The number of rotatable bonds is 6. The zero-order valence-corrected chi connectivity index (χ0v) is 21.1. The molecule has 176 valence electrons. The summed E-state index contributed by atoms with van der Waals surface area (Å²) in [5.74, 6) is -0.240. The number of thiophene rings is 1. The van der Waals surface area contributed by atoms with Crippen molar-refractivity contribution in [3.8, 4) is 0 Å². The zero-order valence-electron chi connectivity index (χ0n) is 17.9. The van der Waals surface area contributed by atoms with Gasteiger partial charge in [0.1, 0.15) is 10.3 Å². The van der Waals surface area contributed by atoms with E-state index >= 15 is 0 Å². The smallest absolute Gasteiger partial charge is 0.253 e. The first-order chi connectivity index (χ1) is 15.9. The van der Waals surface area contributed by atoms with Gasteiger partial charge in [-0.2, -0.15) is 4.31 Å². The van der Waals surface area contributed by atoms with Crippen LogP contribution in [-0.2, 0) is 19.6 Å². The van der Waals surface area contributed by atoms with Crippen molar-refractivity contribution in [1.29, 1.82) is 0 Å². The number of thiazole rings is 1. The number of aromatic nitrogens is 1. The third kappa shape index (κ3) is 4.69. The van der Waals surface area contributed by atoms with Gasteiger partial charge in [-0.3, -0.25) is 9.69 Å². The molecule has 5 rings (SSSR count). The Labute approximate surface area is 206 Å². The summed E-state index contributed by atoms with van der Waals surface area (Å²) in [5, 5.41) is 2.89. The molecule has 2 aliphatic heterocycles. The fourth-order valence-electron chi connectivity index (χ4n) is 4.40. The molecule has 11 heteroatoms. The summed E-state index contributed by atoms with van der Waals surface area (Å²) in [6, 6.07) is 7.99. The molecule has 0 N–H and O–H groups in total. The molecule has 0 saturated carbocycles. The van der Waals surface area contributed by atoms with Crippen LogP contribution in [0.4, 0.5) is 5.13 Å². The molecule has 0 spiro atoms. The minimum absolute atomic E-state index is 0.0875. The summed E-state index contributed by atoms with van der Waals surface area (Å²) in [4.78, 5) is 20.3. The van der Waals surface area contributed by atoms with Gasteiger partial charge >= 0.3 is 0 Å². The van der Waals surface area contributed by atoms with Crippen LogP contribution >= 0.6 is 34.3 Å². The fraction of sp³-hybridized carbons (Fsp3) is 0.455. The van der Waals surface area contributed by atoms with Crippen LogP contribution in [0.3, 0.4) is 0 Å². The third-order valence-corrected chi connectivity index (χ3v) is 10.6. The van der Waals surface area contributed by atoms with E-state index in [9.17, 15) is 13.2 Å². The van der Waals surface area contributed by atoms with Crippen LogP contribution in [0, 0.1) is 0 Å². The topological polar surface area (TPSA) is 79.8 Å². The first-order valence-electron chi connectivity index (χ1n) is 11.0. The van der Waals surface area contributed by atoms with E-state index in [1.807, 2.05) is 12.1 Å². The number of hydrogen-bond donors (Lipinski definition) is 0. The van der Waals surface area contributed by atoms with E-state index in [0.717, 1.165) is 35.9 Å². The standard InChI is InChI=1S/C22H24ClN3O4S3/c23-15-8-9-17-19(13-15)32-22(24-17)25(14-16-5-3-11-30-16)21(27)18-6-1-2-10-26(18)33(28,29)20-7-4-12-31-20/h4,7-9,12-13,16,18H,1-3,5-6,10-11,14H2. The monoisotopic (exact) mass is 525 g/mol. The molecule has 33 heavy (non-hydrogen) atoms. The van der Waals surface area contributed by atoms with Crippen molar-refractivity contribution < 1.29 is 17.9 Å². The highest BCUT2D eigenvalue weighted by atomic mass is 35.5. The lowest BCUT2D eigenvalue weighted by Crippen LogP contribution is -2.54. The highest BCUT2D eigenvalue weighted by Crippen LogP contribution is 2.34. The number of carbonyl (C=O) groups is 1. The molecule has 0 bridgehead atoms. The van der Waals surface area contributed by atoms with Crippen molar-refractivity contribution in [2.45, 2.75) is 48.5 Å².